The maximum absolute atomic E-state index is 10.8. The third kappa shape index (κ3) is 2.83. The Labute approximate surface area is 83.1 Å². The minimum Gasteiger partial charge on any atom is -0.478 e. The molecule has 0 aromatic heterocycles. The topological polar surface area (TPSA) is 52.6 Å². The second kappa shape index (κ2) is 4.74. The van der Waals surface area contributed by atoms with Gasteiger partial charge in [0.15, 0.2) is 0 Å². The van der Waals surface area contributed by atoms with Gasteiger partial charge in [0.2, 0.25) is 0 Å². The smallest absolute Gasteiger partial charge is 0.336 e. The molecule has 0 aliphatic rings. The zero-order valence-electron chi connectivity index (χ0n) is 8.32. The quantitative estimate of drug-likeness (QED) is 0.701. The van der Waals surface area contributed by atoms with Crippen molar-refractivity contribution >= 4 is 5.97 Å². The van der Waals surface area contributed by atoms with Crippen molar-refractivity contribution in [3.63, 3.8) is 0 Å². The Bertz CT molecular complexity index is 324. The van der Waals surface area contributed by atoms with Crippen LogP contribution in [0.5, 0.6) is 0 Å². The SMILES string of the molecule is CN(C)NCc1ccccc1C(=O)O. The van der Waals surface area contributed by atoms with Gasteiger partial charge in [-0.3, -0.25) is 10.4 Å². The Morgan fingerprint density at radius 1 is 1.43 bits per heavy atom. The summed E-state index contributed by atoms with van der Waals surface area (Å²) in [6.07, 6.45) is 0. The van der Waals surface area contributed by atoms with Crippen molar-refractivity contribution in [1.29, 1.82) is 0 Å². The average Bonchev–Trinajstić information content (AvgIpc) is 2.15. The number of nitrogens with zero attached hydrogens (tertiary/aromatic N) is 1. The number of hydrazine groups is 1. The molecular formula is C10H14N2O2. The van der Waals surface area contributed by atoms with Crippen LogP contribution in [0.4, 0.5) is 0 Å². The first kappa shape index (κ1) is 10.7. The van der Waals surface area contributed by atoms with Gasteiger partial charge in [0.25, 0.3) is 0 Å². The van der Waals surface area contributed by atoms with Crippen LogP contribution in [0, 0.1) is 0 Å². The monoisotopic (exact) mass is 194 g/mol. The van der Waals surface area contributed by atoms with Crippen molar-refractivity contribution in [3.05, 3.63) is 35.4 Å². The molecule has 0 radical (unpaired) electrons. The van der Waals surface area contributed by atoms with Crippen molar-refractivity contribution in [2.45, 2.75) is 6.54 Å². The van der Waals surface area contributed by atoms with Gasteiger partial charge in [-0.15, -0.1) is 0 Å². The molecule has 76 valence electrons. The molecule has 0 unspecified atom stereocenters. The molecule has 0 bridgehead atoms. The predicted molar refractivity (Wildman–Crippen MR) is 53.9 cm³/mol. The van der Waals surface area contributed by atoms with Gasteiger partial charge < -0.3 is 5.11 Å². The third-order valence-corrected chi connectivity index (χ3v) is 1.83. The number of carboxylic acids is 1. The summed E-state index contributed by atoms with van der Waals surface area (Å²) in [5.74, 6) is -0.888. The molecule has 0 saturated carbocycles. The standard InChI is InChI=1S/C10H14N2O2/c1-12(2)11-7-8-5-3-4-6-9(8)10(13)14/h3-6,11H,7H2,1-2H3,(H,13,14). The number of carboxylic acid groups (broad SMARTS) is 1. The van der Waals surface area contributed by atoms with Crippen LogP contribution in [-0.4, -0.2) is 30.2 Å². The van der Waals surface area contributed by atoms with Gasteiger partial charge in [-0.2, -0.15) is 0 Å². The van der Waals surface area contributed by atoms with Gasteiger partial charge in [-0.1, -0.05) is 18.2 Å². The summed E-state index contributed by atoms with van der Waals surface area (Å²) in [7, 11) is 3.73. The van der Waals surface area contributed by atoms with E-state index in [0.717, 1.165) is 5.56 Å². The molecule has 0 aliphatic carbocycles. The van der Waals surface area contributed by atoms with E-state index in [4.69, 9.17) is 5.11 Å². The van der Waals surface area contributed by atoms with E-state index in [9.17, 15) is 4.79 Å². The Hall–Kier alpha value is -1.39. The van der Waals surface area contributed by atoms with Crippen LogP contribution >= 0.6 is 0 Å². The number of nitrogens with one attached hydrogen (secondary N) is 1. The zero-order chi connectivity index (χ0) is 10.6. The maximum Gasteiger partial charge on any atom is 0.336 e. The second-order valence-electron chi connectivity index (χ2n) is 3.19. The molecule has 0 atom stereocenters. The first-order chi connectivity index (χ1) is 6.61. The summed E-state index contributed by atoms with van der Waals surface area (Å²) >= 11 is 0. The Balaban J connectivity index is 2.79. The van der Waals surface area contributed by atoms with Crippen LogP contribution in [0.25, 0.3) is 0 Å². The highest BCUT2D eigenvalue weighted by molar-refractivity contribution is 5.89. The summed E-state index contributed by atoms with van der Waals surface area (Å²) in [5, 5.41) is 10.7. The van der Waals surface area contributed by atoms with E-state index < -0.39 is 5.97 Å². The molecule has 0 fully saturated rings. The first-order valence-electron chi connectivity index (χ1n) is 4.33. The van der Waals surface area contributed by atoms with E-state index in [1.807, 2.05) is 20.2 Å². The van der Waals surface area contributed by atoms with Gasteiger partial charge in [0.1, 0.15) is 0 Å². The molecule has 4 heteroatoms. The molecule has 4 nitrogen and oxygen atoms in total. The van der Waals surface area contributed by atoms with Gasteiger partial charge in [0.05, 0.1) is 5.56 Å². The number of carbonyl (C=O) groups is 1. The van der Waals surface area contributed by atoms with Gasteiger partial charge in [-0.05, 0) is 11.6 Å². The molecule has 0 aliphatic heterocycles. The molecule has 0 saturated heterocycles. The lowest BCUT2D eigenvalue weighted by molar-refractivity contribution is 0.0695. The van der Waals surface area contributed by atoms with Crippen LogP contribution in [0.15, 0.2) is 24.3 Å². The average molecular weight is 194 g/mol. The van der Waals surface area contributed by atoms with Crippen LogP contribution in [0.3, 0.4) is 0 Å². The van der Waals surface area contributed by atoms with E-state index >= 15 is 0 Å². The molecule has 1 aromatic rings. The molecule has 1 aromatic carbocycles. The highest BCUT2D eigenvalue weighted by Gasteiger charge is 2.07. The van der Waals surface area contributed by atoms with Crippen molar-refractivity contribution in [2.24, 2.45) is 0 Å². The molecular weight excluding hydrogens is 180 g/mol. The number of hydrogen-bond acceptors (Lipinski definition) is 3. The number of hydrogen-bond donors (Lipinski definition) is 2. The molecule has 1 rings (SSSR count). The van der Waals surface area contributed by atoms with Crippen LogP contribution in [0.2, 0.25) is 0 Å². The molecule has 0 heterocycles. The zero-order valence-corrected chi connectivity index (χ0v) is 8.32. The summed E-state index contributed by atoms with van der Waals surface area (Å²) in [6, 6.07) is 6.97. The van der Waals surface area contributed by atoms with Crippen molar-refractivity contribution in [1.82, 2.24) is 10.4 Å². The molecule has 14 heavy (non-hydrogen) atoms. The molecule has 0 spiro atoms. The molecule has 2 N–H and O–H groups in total. The summed E-state index contributed by atoms with van der Waals surface area (Å²) in [4.78, 5) is 10.8. The number of aromatic carboxylic acids is 1. The van der Waals surface area contributed by atoms with E-state index in [2.05, 4.69) is 5.43 Å². The van der Waals surface area contributed by atoms with Crippen LogP contribution < -0.4 is 5.43 Å². The Morgan fingerprint density at radius 3 is 2.64 bits per heavy atom. The highest BCUT2D eigenvalue weighted by Crippen LogP contribution is 2.08. The van der Waals surface area contributed by atoms with E-state index in [1.54, 1.807) is 23.2 Å². The fourth-order valence-electron chi connectivity index (χ4n) is 1.13. The fourth-order valence-corrected chi connectivity index (χ4v) is 1.13. The third-order valence-electron chi connectivity index (χ3n) is 1.83. The lowest BCUT2D eigenvalue weighted by Crippen LogP contribution is -2.30. The summed E-state index contributed by atoms with van der Waals surface area (Å²) in [5.41, 5.74) is 4.16. The normalized spacial score (nSPS) is 10.5. The summed E-state index contributed by atoms with van der Waals surface area (Å²) in [6.45, 7) is 0.523. The van der Waals surface area contributed by atoms with E-state index in [-0.39, 0.29) is 0 Å². The Kier molecular flexibility index (Phi) is 3.62. The Morgan fingerprint density at radius 2 is 2.07 bits per heavy atom. The predicted octanol–water partition coefficient (Wildman–Crippen LogP) is 0.951. The first-order valence-corrected chi connectivity index (χ1v) is 4.33. The fraction of sp³-hybridized carbons (Fsp3) is 0.300. The minimum atomic E-state index is -0.888. The summed E-state index contributed by atoms with van der Waals surface area (Å²) < 4.78 is 0. The van der Waals surface area contributed by atoms with Gasteiger partial charge in [0, 0.05) is 20.6 Å². The van der Waals surface area contributed by atoms with Crippen molar-refractivity contribution in [3.8, 4) is 0 Å². The van der Waals surface area contributed by atoms with E-state index in [1.165, 1.54) is 0 Å². The minimum absolute atomic E-state index is 0.349. The largest absolute Gasteiger partial charge is 0.478 e. The lowest BCUT2D eigenvalue weighted by Gasteiger charge is -2.12. The van der Waals surface area contributed by atoms with Crippen molar-refractivity contribution < 1.29 is 9.90 Å². The van der Waals surface area contributed by atoms with Crippen molar-refractivity contribution in [2.75, 3.05) is 14.1 Å². The second-order valence-corrected chi connectivity index (χ2v) is 3.19. The number of benzene rings is 1. The maximum atomic E-state index is 10.8. The lowest BCUT2D eigenvalue weighted by atomic mass is 10.1. The molecule has 0 amide bonds. The van der Waals surface area contributed by atoms with Gasteiger partial charge >= 0.3 is 5.97 Å². The van der Waals surface area contributed by atoms with Crippen LogP contribution in [-0.2, 0) is 6.54 Å². The highest BCUT2D eigenvalue weighted by atomic mass is 16.4. The van der Waals surface area contributed by atoms with Crippen LogP contribution in [0.1, 0.15) is 15.9 Å². The van der Waals surface area contributed by atoms with Gasteiger partial charge in [-0.25, -0.2) is 4.79 Å². The number of rotatable bonds is 4. The van der Waals surface area contributed by atoms with E-state index in [0.29, 0.717) is 12.1 Å².